The number of benzene rings is 1. The first kappa shape index (κ1) is 14.0. The van der Waals surface area contributed by atoms with Crippen molar-refractivity contribution in [2.45, 2.75) is 12.3 Å². The maximum Gasteiger partial charge on any atom is 0.123 e. The molecule has 17 heavy (non-hydrogen) atoms. The van der Waals surface area contributed by atoms with E-state index in [0.29, 0.717) is 25.0 Å². The van der Waals surface area contributed by atoms with Gasteiger partial charge >= 0.3 is 0 Å². The number of halogens is 2. The Balaban J connectivity index is 0.00000144. The molecule has 2 N–H and O–H groups in total. The van der Waals surface area contributed by atoms with Gasteiger partial charge in [-0.2, -0.15) is 0 Å². The summed E-state index contributed by atoms with van der Waals surface area (Å²) < 4.78 is 18.7. The van der Waals surface area contributed by atoms with Crippen LogP contribution in [0.4, 0.5) is 4.39 Å². The molecule has 2 rings (SSSR count). The number of hydrogen-bond acceptors (Lipinski definition) is 2. The molecule has 0 bridgehead atoms. The van der Waals surface area contributed by atoms with Gasteiger partial charge in [0.15, 0.2) is 0 Å². The maximum absolute atomic E-state index is 13.2. The van der Waals surface area contributed by atoms with Crippen LogP contribution < -0.4 is 10.5 Å². The van der Waals surface area contributed by atoms with Crippen LogP contribution in [0.25, 0.3) is 0 Å². The fraction of sp³-hybridized carbons (Fsp3) is 0.385. The Hall–Kier alpha value is -1.06. The third kappa shape index (κ3) is 3.20. The highest BCUT2D eigenvalue weighted by atomic mass is 35.5. The molecule has 1 aromatic carbocycles. The summed E-state index contributed by atoms with van der Waals surface area (Å²) in [5, 5.41) is 0. The molecule has 0 aliphatic heterocycles. The van der Waals surface area contributed by atoms with Crippen molar-refractivity contribution < 1.29 is 9.13 Å². The normalized spacial score (nSPS) is 21.5. The van der Waals surface area contributed by atoms with E-state index in [2.05, 4.69) is 6.58 Å². The second-order valence-electron chi connectivity index (χ2n) is 4.12. The zero-order valence-electron chi connectivity index (χ0n) is 9.56. The molecule has 2 atom stereocenters. The Bertz CT molecular complexity index is 397. The van der Waals surface area contributed by atoms with Gasteiger partial charge in [-0.3, -0.25) is 0 Å². The molecule has 0 radical (unpaired) electrons. The first-order valence-electron chi connectivity index (χ1n) is 5.49. The average Bonchev–Trinajstić information content (AvgIpc) is 3.06. The van der Waals surface area contributed by atoms with Gasteiger partial charge in [-0.25, -0.2) is 4.39 Å². The molecule has 1 fully saturated rings. The Morgan fingerprint density at radius 1 is 1.53 bits per heavy atom. The number of ether oxygens (including phenoxy) is 1. The molecule has 1 aliphatic carbocycles. The van der Waals surface area contributed by atoms with E-state index in [1.165, 1.54) is 6.07 Å². The van der Waals surface area contributed by atoms with Crippen LogP contribution in [0.3, 0.4) is 0 Å². The van der Waals surface area contributed by atoms with Crippen LogP contribution in [-0.2, 0) is 0 Å². The van der Waals surface area contributed by atoms with Crippen molar-refractivity contribution in [2.24, 2.45) is 11.7 Å². The molecular weight excluding hydrogens is 241 g/mol. The Morgan fingerprint density at radius 3 is 2.88 bits per heavy atom. The van der Waals surface area contributed by atoms with Crippen molar-refractivity contribution in [3.8, 4) is 5.75 Å². The summed E-state index contributed by atoms with van der Waals surface area (Å²) >= 11 is 0. The maximum atomic E-state index is 13.2. The Labute approximate surface area is 107 Å². The zero-order valence-corrected chi connectivity index (χ0v) is 10.4. The molecule has 4 heteroatoms. The molecule has 0 amide bonds. The van der Waals surface area contributed by atoms with E-state index in [4.69, 9.17) is 10.5 Å². The largest absolute Gasteiger partial charge is 0.489 e. The molecule has 0 aromatic heterocycles. The van der Waals surface area contributed by atoms with Crippen LogP contribution >= 0.6 is 12.4 Å². The Kier molecular flexibility index (Phi) is 4.97. The van der Waals surface area contributed by atoms with E-state index in [1.807, 2.05) is 0 Å². The van der Waals surface area contributed by atoms with E-state index < -0.39 is 0 Å². The van der Waals surface area contributed by atoms with Gasteiger partial charge in [0.2, 0.25) is 0 Å². The zero-order chi connectivity index (χ0) is 11.5. The third-order valence-electron chi connectivity index (χ3n) is 2.95. The Morgan fingerprint density at radius 2 is 2.29 bits per heavy atom. The monoisotopic (exact) mass is 257 g/mol. The number of hydrogen-bond donors (Lipinski definition) is 1. The fourth-order valence-electron chi connectivity index (χ4n) is 1.98. The van der Waals surface area contributed by atoms with Gasteiger partial charge in [-0.05, 0) is 43.0 Å². The summed E-state index contributed by atoms with van der Waals surface area (Å²) in [5.74, 6) is 1.37. The lowest BCUT2D eigenvalue weighted by Crippen LogP contribution is -2.03. The van der Waals surface area contributed by atoms with Gasteiger partial charge in [-0.1, -0.05) is 12.7 Å². The molecule has 0 unspecified atom stereocenters. The molecule has 2 nitrogen and oxygen atoms in total. The summed E-state index contributed by atoms with van der Waals surface area (Å²) in [7, 11) is 0. The molecule has 1 aliphatic rings. The molecule has 1 aromatic rings. The number of rotatable bonds is 5. The minimum atomic E-state index is -0.219. The van der Waals surface area contributed by atoms with Crippen molar-refractivity contribution in [3.63, 3.8) is 0 Å². The lowest BCUT2D eigenvalue weighted by molar-refractivity contribution is 0.358. The molecule has 0 heterocycles. The molecule has 1 saturated carbocycles. The van der Waals surface area contributed by atoms with Crippen LogP contribution in [0.15, 0.2) is 30.9 Å². The van der Waals surface area contributed by atoms with E-state index in [9.17, 15) is 4.39 Å². The first-order valence-corrected chi connectivity index (χ1v) is 5.49. The van der Waals surface area contributed by atoms with Gasteiger partial charge in [0, 0.05) is 5.56 Å². The third-order valence-corrected chi connectivity index (χ3v) is 2.95. The van der Waals surface area contributed by atoms with Crippen LogP contribution in [0.1, 0.15) is 17.9 Å². The highest BCUT2D eigenvalue weighted by Gasteiger charge is 2.38. The first-order chi connectivity index (χ1) is 7.76. The lowest BCUT2D eigenvalue weighted by atomic mass is 10.1. The fourth-order valence-corrected chi connectivity index (χ4v) is 1.98. The standard InChI is InChI=1S/C13H16FNO.ClH/c1-2-5-16-13-4-3-10(14)7-12(13)11-6-9(11)8-15;/h2-4,7,9,11H,1,5-6,8,15H2;1H/t9-,11+;/m1./s1. The van der Waals surface area contributed by atoms with E-state index >= 15 is 0 Å². The minimum absolute atomic E-state index is 0. The van der Waals surface area contributed by atoms with E-state index in [1.54, 1.807) is 18.2 Å². The minimum Gasteiger partial charge on any atom is -0.489 e. The highest BCUT2D eigenvalue weighted by Crippen LogP contribution is 2.49. The topological polar surface area (TPSA) is 35.2 Å². The number of nitrogens with two attached hydrogens (primary N) is 1. The molecular formula is C13H17ClFNO. The van der Waals surface area contributed by atoms with E-state index in [0.717, 1.165) is 17.7 Å². The smallest absolute Gasteiger partial charge is 0.123 e. The summed E-state index contributed by atoms with van der Waals surface area (Å²) in [6.07, 6.45) is 2.71. The highest BCUT2D eigenvalue weighted by molar-refractivity contribution is 5.85. The van der Waals surface area contributed by atoms with Gasteiger partial charge in [0.1, 0.15) is 18.2 Å². The lowest BCUT2D eigenvalue weighted by Gasteiger charge is -2.10. The summed E-state index contributed by atoms with van der Waals surface area (Å²) in [5.41, 5.74) is 6.54. The van der Waals surface area contributed by atoms with Crippen molar-refractivity contribution >= 4 is 12.4 Å². The second kappa shape index (κ2) is 6.03. The molecule has 0 saturated heterocycles. The van der Waals surface area contributed by atoms with Crippen molar-refractivity contribution in [1.29, 1.82) is 0 Å². The van der Waals surface area contributed by atoms with Gasteiger partial charge in [0.25, 0.3) is 0 Å². The van der Waals surface area contributed by atoms with Gasteiger partial charge in [-0.15, -0.1) is 12.4 Å². The van der Waals surface area contributed by atoms with Gasteiger partial charge < -0.3 is 10.5 Å². The quantitative estimate of drug-likeness (QED) is 0.824. The SMILES string of the molecule is C=CCOc1ccc(F)cc1[C@H]1C[C@@H]1CN.Cl. The summed E-state index contributed by atoms with van der Waals surface area (Å²) in [4.78, 5) is 0. The predicted octanol–water partition coefficient (Wildman–Crippen LogP) is 2.87. The van der Waals surface area contributed by atoms with Crippen molar-refractivity contribution in [2.75, 3.05) is 13.2 Å². The molecule has 0 spiro atoms. The van der Waals surface area contributed by atoms with Gasteiger partial charge in [0.05, 0.1) is 0 Å². The van der Waals surface area contributed by atoms with Crippen LogP contribution in [0.2, 0.25) is 0 Å². The summed E-state index contributed by atoms with van der Waals surface area (Å²) in [6, 6.07) is 4.65. The summed E-state index contributed by atoms with van der Waals surface area (Å²) in [6.45, 7) is 4.69. The van der Waals surface area contributed by atoms with E-state index in [-0.39, 0.29) is 18.2 Å². The average molecular weight is 258 g/mol. The molecule has 94 valence electrons. The van der Waals surface area contributed by atoms with Crippen molar-refractivity contribution in [1.82, 2.24) is 0 Å². The predicted molar refractivity (Wildman–Crippen MR) is 69.2 cm³/mol. The van der Waals surface area contributed by atoms with Crippen LogP contribution in [0.5, 0.6) is 5.75 Å². The van der Waals surface area contributed by atoms with Crippen molar-refractivity contribution in [3.05, 3.63) is 42.2 Å². The van der Waals surface area contributed by atoms with Crippen LogP contribution in [-0.4, -0.2) is 13.2 Å². The second-order valence-corrected chi connectivity index (χ2v) is 4.12. The van der Waals surface area contributed by atoms with Crippen LogP contribution in [0, 0.1) is 11.7 Å².